The number of nitrogens with zero attached hydrogens (tertiary/aromatic N) is 1. The molecule has 0 aliphatic carbocycles. The van der Waals surface area contributed by atoms with E-state index in [0.29, 0.717) is 0 Å². The van der Waals surface area contributed by atoms with Crippen LogP contribution in [0.1, 0.15) is 31.2 Å². The number of hydrogen-bond donors (Lipinski definition) is 0. The van der Waals surface area contributed by atoms with Crippen LogP contribution < -0.4 is 0 Å². The standard InChI is InChI=1S/C17H23NO3S/c1-14-6-8-15(9-7-14)22-13-17(20)21-12-16(19)18-10-4-2-3-5-11-18/h6-9H,2-5,10-13H2,1H3. The second kappa shape index (κ2) is 8.83. The molecule has 22 heavy (non-hydrogen) atoms. The van der Waals surface area contributed by atoms with Crippen molar-refractivity contribution in [2.75, 3.05) is 25.4 Å². The van der Waals surface area contributed by atoms with Gasteiger partial charge in [-0.05, 0) is 31.9 Å². The van der Waals surface area contributed by atoms with Crippen molar-refractivity contribution in [3.63, 3.8) is 0 Å². The van der Waals surface area contributed by atoms with Crippen molar-refractivity contribution in [2.24, 2.45) is 0 Å². The quantitative estimate of drug-likeness (QED) is 0.618. The fraction of sp³-hybridized carbons (Fsp3) is 0.529. The average Bonchev–Trinajstić information content (AvgIpc) is 2.81. The van der Waals surface area contributed by atoms with Crippen LogP contribution in [0.5, 0.6) is 0 Å². The van der Waals surface area contributed by atoms with E-state index in [1.165, 1.54) is 30.2 Å². The summed E-state index contributed by atoms with van der Waals surface area (Å²) in [5, 5.41) is 0. The van der Waals surface area contributed by atoms with Crippen LogP contribution in [0.15, 0.2) is 29.2 Å². The van der Waals surface area contributed by atoms with Gasteiger partial charge in [0.1, 0.15) is 0 Å². The zero-order chi connectivity index (χ0) is 15.8. The predicted molar refractivity (Wildman–Crippen MR) is 87.9 cm³/mol. The van der Waals surface area contributed by atoms with E-state index < -0.39 is 0 Å². The molecule has 1 aliphatic heterocycles. The van der Waals surface area contributed by atoms with Crippen LogP contribution in [0, 0.1) is 6.92 Å². The Kier molecular flexibility index (Phi) is 6.77. The number of thioether (sulfide) groups is 1. The highest BCUT2D eigenvalue weighted by molar-refractivity contribution is 8.00. The summed E-state index contributed by atoms with van der Waals surface area (Å²) < 4.78 is 5.09. The summed E-state index contributed by atoms with van der Waals surface area (Å²) in [5.74, 6) is -0.180. The van der Waals surface area contributed by atoms with Crippen LogP contribution in [0.25, 0.3) is 0 Å². The molecule has 4 nitrogen and oxygen atoms in total. The highest BCUT2D eigenvalue weighted by Gasteiger charge is 2.17. The van der Waals surface area contributed by atoms with E-state index in [0.717, 1.165) is 30.8 Å². The van der Waals surface area contributed by atoms with E-state index in [2.05, 4.69) is 0 Å². The Balaban J connectivity index is 1.68. The van der Waals surface area contributed by atoms with Crippen LogP contribution in [-0.4, -0.2) is 42.2 Å². The molecule has 2 rings (SSSR count). The summed E-state index contributed by atoms with van der Waals surface area (Å²) in [4.78, 5) is 26.6. The van der Waals surface area contributed by atoms with E-state index in [-0.39, 0.29) is 24.2 Å². The van der Waals surface area contributed by atoms with Crippen molar-refractivity contribution in [3.8, 4) is 0 Å². The van der Waals surface area contributed by atoms with Gasteiger partial charge >= 0.3 is 5.97 Å². The van der Waals surface area contributed by atoms with Gasteiger partial charge in [-0.25, -0.2) is 0 Å². The summed E-state index contributed by atoms with van der Waals surface area (Å²) in [7, 11) is 0. The fourth-order valence-electron chi connectivity index (χ4n) is 2.37. The molecule has 1 saturated heterocycles. The van der Waals surface area contributed by atoms with Gasteiger partial charge in [-0.15, -0.1) is 11.8 Å². The summed E-state index contributed by atoms with van der Waals surface area (Å²) >= 11 is 1.43. The first-order valence-corrected chi connectivity index (χ1v) is 8.76. The average molecular weight is 321 g/mol. The maximum atomic E-state index is 12.0. The number of likely N-dealkylation sites (tertiary alicyclic amines) is 1. The van der Waals surface area contributed by atoms with Gasteiger partial charge in [0.25, 0.3) is 5.91 Å². The van der Waals surface area contributed by atoms with Crippen molar-refractivity contribution in [1.29, 1.82) is 0 Å². The minimum absolute atomic E-state index is 0.0735. The third-order valence-corrected chi connectivity index (χ3v) is 4.68. The summed E-state index contributed by atoms with van der Waals surface area (Å²) in [6.45, 7) is 3.47. The van der Waals surface area contributed by atoms with Crippen molar-refractivity contribution in [3.05, 3.63) is 29.8 Å². The Morgan fingerprint density at radius 1 is 1.09 bits per heavy atom. The molecule has 1 aromatic rings. The number of amides is 1. The summed E-state index contributed by atoms with van der Waals surface area (Å²) in [6.07, 6.45) is 4.44. The summed E-state index contributed by atoms with van der Waals surface area (Å²) in [6, 6.07) is 7.98. The topological polar surface area (TPSA) is 46.6 Å². The molecule has 1 aliphatic rings. The maximum Gasteiger partial charge on any atom is 0.316 e. The highest BCUT2D eigenvalue weighted by Crippen LogP contribution is 2.18. The minimum Gasteiger partial charge on any atom is -0.455 e. The van der Waals surface area contributed by atoms with E-state index in [4.69, 9.17) is 4.74 Å². The first-order chi connectivity index (χ1) is 10.6. The molecule has 0 saturated carbocycles. The van der Waals surface area contributed by atoms with E-state index in [1.54, 1.807) is 0 Å². The van der Waals surface area contributed by atoms with Crippen molar-refractivity contribution < 1.29 is 14.3 Å². The number of benzene rings is 1. The van der Waals surface area contributed by atoms with Crippen molar-refractivity contribution >= 4 is 23.6 Å². The Bertz CT molecular complexity index is 493. The molecule has 1 fully saturated rings. The molecule has 5 heteroatoms. The second-order valence-corrected chi connectivity index (χ2v) is 6.61. The zero-order valence-electron chi connectivity index (χ0n) is 13.0. The number of hydrogen-bond acceptors (Lipinski definition) is 4. The van der Waals surface area contributed by atoms with E-state index in [1.807, 2.05) is 36.1 Å². The molecule has 1 heterocycles. The van der Waals surface area contributed by atoms with Gasteiger partial charge < -0.3 is 9.64 Å². The minimum atomic E-state index is -0.339. The third kappa shape index (κ3) is 5.72. The number of carbonyl (C=O) groups excluding carboxylic acids is 2. The van der Waals surface area contributed by atoms with Gasteiger partial charge in [-0.3, -0.25) is 9.59 Å². The lowest BCUT2D eigenvalue weighted by molar-refractivity contribution is -0.149. The highest BCUT2D eigenvalue weighted by atomic mass is 32.2. The molecule has 0 N–H and O–H groups in total. The monoisotopic (exact) mass is 321 g/mol. The molecule has 0 bridgehead atoms. The van der Waals surface area contributed by atoms with Gasteiger partial charge in [0, 0.05) is 18.0 Å². The third-order valence-electron chi connectivity index (χ3n) is 3.69. The van der Waals surface area contributed by atoms with Crippen LogP contribution in [0.4, 0.5) is 0 Å². The normalized spacial score (nSPS) is 15.2. The molecule has 0 aromatic heterocycles. The van der Waals surface area contributed by atoms with Crippen molar-refractivity contribution in [2.45, 2.75) is 37.5 Å². The second-order valence-electron chi connectivity index (χ2n) is 5.56. The van der Waals surface area contributed by atoms with Gasteiger partial charge in [0.2, 0.25) is 0 Å². The lowest BCUT2D eigenvalue weighted by atomic mass is 10.2. The lowest BCUT2D eigenvalue weighted by Crippen LogP contribution is -2.35. The lowest BCUT2D eigenvalue weighted by Gasteiger charge is -2.19. The first kappa shape index (κ1) is 16.9. The van der Waals surface area contributed by atoms with Crippen LogP contribution in [0.2, 0.25) is 0 Å². The van der Waals surface area contributed by atoms with Gasteiger partial charge in [-0.2, -0.15) is 0 Å². The molecular formula is C17H23NO3S. The number of carbonyl (C=O) groups is 2. The Hall–Kier alpha value is -1.49. The molecule has 0 unspecified atom stereocenters. The van der Waals surface area contributed by atoms with Crippen LogP contribution in [0.3, 0.4) is 0 Å². The smallest absolute Gasteiger partial charge is 0.316 e. The fourth-order valence-corrected chi connectivity index (χ4v) is 3.07. The largest absolute Gasteiger partial charge is 0.455 e. The molecule has 0 radical (unpaired) electrons. The van der Waals surface area contributed by atoms with E-state index >= 15 is 0 Å². The zero-order valence-corrected chi connectivity index (χ0v) is 13.9. The van der Waals surface area contributed by atoms with Crippen molar-refractivity contribution in [1.82, 2.24) is 4.90 Å². The number of ether oxygens (including phenoxy) is 1. The molecular weight excluding hydrogens is 298 g/mol. The van der Waals surface area contributed by atoms with Gasteiger partial charge in [0.15, 0.2) is 6.61 Å². The van der Waals surface area contributed by atoms with Crippen LogP contribution in [-0.2, 0) is 14.3 Å². The Morgan fingerprint density at radius 2 is 1.73 bits per heavy atom. The molecule has 1 amide bonds. The number of esters is 1. The molecule has 0 atom stereocenters. The SMILES string of the molecule is Cc1ccc(SCC(=O)OCC(=O)N2CCCCCC2)cc1. The summed E-state index contributed by atoms with van der Waals surface area (Å²) in [5.41, 5.74) is 1.19. The molecule has 0 spiro atoms. The van der Waals surface area contributed by atoms with E-state index in [9.17, 15) is 9.59 Å². The van der Waals surface area contributed by atoms with Gasteiger partial charge in [-0.1, -0.05) is 30.5 Å². The van der Waals surface area contributed by atoms with Crippen LogP contribution >= 0.6 is 11.8 Å². The molecule has 120 valence electrons. The number of aryl methyl sites for hydroxylation is 1. The molecule has 1 aromatic carbocycles. The predicted octanol–water partition coefficient (Wildman–Crippen LogP) is 3.03. The first-order valence-electron chi connectivity index (χ1n) is 7.78. The Labute approximate surface area is 136 Å². The maximum absolute atomic E-state index is 12.0. The van der Waals surface area contributed by atoms with Gasteiger partial charge in [0.05, 0.1) is 5.75 Å². The number of rotatable bonds is 5. The Morgan fingerprint density at radius 3 is 2.36 bits per heavy atom.